The summed E-state index contributed by atoms with van der Waals surface area (Å²) in [6.07, 6.45) is 4.83. The van der Waals surface area contributed by atoms with Crippen molar-refractivity contribution in [2.75, 3.05) is 19.8 Å². The zero-order chi connectivity index (χ0) is 12.8. The Kier molecular flexibility index (Phi) is 5.94. The molecule has 1 aliphatic heterocycles. The summed E-state index contributed by atoms with van der Waals surface area (Å²) < 4.78 is 17.6. The molecular formula is C12H15ClINO3. The van der Waals surface area contributed by atoms with E-state index in [1.165, 1.54) is 6.42 Å². The first-order valence-electron chi connectivity index (χ1n) is 5.93. The quantitative estimate of drug-likeness (QED) is 0.445. The lowest BCUT2D eigenvalue weighted by Crippen LogP contribution is -2.24. The lowest BCUT2D eigenvalue weighted by molar-refractivity contribution is -0.165. The topological polar surface area (TPSA) is 40.6 Å². The van der Waals surface area contributed by atoms with Crippen LogP contribution in [0.1, 0.15) is 19.3 Å². The van der Waals surface area contributed by atoms with Crippen LogP contribution >= 0.6 is 34.2 Å². The van der Waals surface area contributed by atoms with Crippen LogP contribution < -0.4 is 4.74 Å². The fraction of sp³-hybridized carbons (Fsp3) is 0.583. The van der Waals surface area contributed by atoms with Crippen LogP contribution in [0.15, 0.2) is 12.3 Å². The van der Waals surface area contributed by atoms with Gasteiger partial charge in [-0.15, -0.1) is 0 Å². The predicted molar refractivity (Wildman–Crippen MR) is 77.0 cm³/mol. The zero-order valence-corrected chi connectivity index (χ0v) is 12.8. The maximum Gasteiger partial charge on any atom is 0.157 e. The Morgan fingerprint density at radius 1 is 1.44 bits per heavy atom. The van der Waals surface area contributed by atoms with Gasteiger partial charge in [0.05, 0.1) is 16.4 Å². The smallest absolute Gasteiger partial charge is 0.157 e. The molecule has 0 radical (unpaired) electrons. The van der Waals surface area contributed by atoms with E-state index in [0.717, 1.165) is 28.8 Å². The van der Waals surface area contributed by atoms with Crippen molar-refractivity contribution in [1.82, 2.24) is 4.98 Å². The van der Waals surface area contributed by atoms with Gasteiger partial charge in [-0.3, -0.25) is 0 Å². The third kappa shape index (κ3) is 4.53. The number of halogens is 2. The summed E-state index contributed by atoms with van der Waals surface area (Å²) in [4.78, 5) is 3.98. The van der Waals surface area contributed by atoms with Crippen LogP contribution in [0.4, 0.5) is 0 Å². The molecule has 1 atom stereocenters. The third-order valence-corrected chi connectivity index (χ3v) is 3.62. The number of hydrogen-bond donors (Lipinski definition) is 0. The van der Waals surface area contributed by atoms with Crippen molar-refractivity contribution < 1.29 is 14.2 Å². The Morgan fingerprint density at radius 3 is 3.06 bits per heavy atom. The molecular weight excluding hydrogens is 368 g/mol. The molecule has 1 aromatic heterocycles. The standard InChI is InChI=1S/C12H15ClINO3/c13-11-7-9(14)10(8-15-11)16-5-6-18-12-3-1-2-4-17-12/h7-8,12H,1-6H2. The van der Waals surface area contributed by atoms with Crippen LogP contribution in [0.25, 0.3) is 0 Å². The minimum absolute atomic E-state index is 0.0650. The summed E-state index contributed by atoms with van der Waals surface area (Å²) in [7, 11) is 0. The second-order valence-electron chi connectivity index (χ2n) is 3.95. The molecule has 2 rings (SSSR count). The van der Waals surface area contributed by atoms with Crippen molar-refractivity contribution in [3.63, 3.8) is 0 Å². The van der Waals surface area contributed by atoms with Crippen molar-refractivity contribution in [3.8, 4) is 5.75 Å². The van der Waals surface area contributed by atoms with Crippen molar-refractivity contribution in [2.24, 2.45) is 0 Å². The molecule has 0 spiro atoms. The van der Waals surface area contributed by atoms with E-state index < -0.39 is 0 Å². The maximum absolute atomic E-state index is 5.77. The first-order valence-corrected chi connectivity index (χ1v) is 7.38. The number of nitrogens with zero attached hydrogens (tertiary/aromatic N) is 1. The van der Waals surface area contributed by atoms with Gasteiger partial charge in [0.1, 0.15) is 11.8 Å². The monoisotopic (exact) mass is 383 g/mol. The van der Waals surface area contributed by atoms with Crippen LogP contribution in [-0.4, -0.2) is 31.1 Å². The first kappa shape index (κ1) is 14.3. The van der Waals surface area contributed by atoms with Gasteiger partial charge in [0.15, 0.2) is 12.0 Å². The Balaban J connectivity index is 1.68. The van der Waals surface area contributed by atoms with Crippen molar-refractivity contribution >= 4 is 34.2 Å². The number of rotatable bonds is 5. The molecule has 0 N–H and O–H groups in total. The van der Waals surface area contributed by atoms with Gasteiger partial charge in [0.25, 0.3) is 0 Å². The largest absolute Gasteiger partial charge is 0.488 e. The van der Waals surface area contributed by atoms with Gasteiger partial charge in [-0.05, 0) is 47.9 Å². The summed E-state index contributed by atoms with van der Waals surface area (Å²) in [6, 6.07) is 1.77. The molecule has 100 valence electrons. The average molecular weight is 384 g/mol. The fourth-order valence-corrected chi connectivity index (χ4v) is 2.61. The molecule has 1 saturated heterocycles. The molecule has 1 aromatic rings. The highest BCUT2D eigenvalue weighted by Crippen LogP contribution is 2.22. The molecule has 4 nitrogen and oxygen atoms in total. The molecule has 0 aliphatic carbocycles. The highest BCUT2D eigenvalue weighted by molar-refractivity contribution is 14.1. The number of ether oxygens (including phenoxy) is 3. The summed E-state index contributed by atoms with van der Waals surface area (Å²) in [6.45, 7) is 1.80. The van der Waals surface area contributed by atoms with E-state index in [1.54, 1.807) is 12.3 Å². The number of aromatic nitrogens is 1. The lowest BCUT2D eigenvalue weighted by atomic mass is 10.2. The summed E-state index contributed by atoms with van der Waals surface area (Å²) in [5, 5.41) is 0.471. The molecule has 18 heavy (non-hydrogen) atoms. The molecule has 6 heteroatoms. The lowest BCUT2D eigenvalue weighted by Gasteiger charge is -2.22. The first-order chi connectivity index (χ1) is 8.75. The average Bonchev–Trinajstić information content (AvgIpc) is 2.38. The maximum atomic E-state index is 5.77. The van der Waals surface area contributed by atoms with Gasteiger partial charge >= 0.3 is 0 Å². The van der Waals surface area contributed by atoms with Crippen LogP contribution in [0.3, 0.4) is 0 Å². The van der Waals surface area contributed by atoms with Crippen molar-refractivity contribution in [1.29, 1.82) is 0 Å². The van der Waals surface area contributed by atoms with Crippen molar-refractivity contribution in [3.05, 3.63) is 21.0 Å². The Hall–Kier alpha value is -0.110. The molecule has 1 unspecified atom stereocenters. The van der Waals surface area contributed by atoms with Gasteiger partial charge in [0.2, 0.25) is 0 Å². The van der Waals surface area contributed by atoms with Crippen LogP contribution in [-0.2, 0) is 9.47 Å². The minimum Gasteiger partial charge on any atom is -0.488 e. The highest BCUT2D eigenvalue weighted by Gasteiger charge is 2.13. The molecule has 0 amide bonds. The molecule has 1 aliphatic rings. The summed E-state index contributed by atoms with van der Waals surface area (Å²) in [5.41, 5.74) is 0. The van der Waals surface area contributed by atoms with Gasteiger partial charge < -0.3 is 14.2 Å². The van der Waals surface area contributed by atoms with Crippen molar-refractivity contribution in [2.45, 2.75) is 25.6 Å². The van der Waals surface area contributed by atoms with Gasteiger partial charge in [-0.2, -0.15) is 0 Å². The summed E-state index contributed by atoms with van der Waals surface area (Å²) >= 11 is 7.93. The normalized spacial score (nSPS) is 19.8. The molecule has 0 bridgehead atoms. The van der Waals surface area contributed by atoms with E-state index in [2.05, 4.69) is 27.6 Å². The summed E-state index contributed by atoms with van der Waals surface area (Å²) in [5.74, 6) is 0.730. The van der Waals surface area contributed by atoms with E-state index in [4.69, 9.17) is 25.8 Å². The zero-order valence-electron chi connectivity index (χ0n) is 9.90. The third-order valence-electron chi connectivity index (χ3n) is 2.57. The van der Waals surface area contributed by atoms with Crippen LogP contribution in [0.5, 0.6) is 5.75 Å². The van der Waals surface area contributed by atoms with Crippen LogP contribution in [0.2, 0.25) is 5.15 Å². The molecule has 1 fully saturated rings. The van der Waals surface area contributed by atoms with E-state index in [0.29, 0.717) is 18.4 Å². The molecule has 0 saturated carbocycles. The molecule has 0 aromatic carbocycles. The van der Waals surface area contributed by atoms with Crippen LogP contribution in [0, 0.1) is 3.57 Å². The van der Waals surface area contributed by atoms with E-state index in [-0.39, 0.29) is 6.29 Å². The second-order valence-corrected chi connectivity index (χ2v) is 5.50. The SMILES string of the molecule is Clc1cc(I)c(OCCOC2CCCCO2)cn1. The fourth-order valence-electron chi connectivity index (χ4n) is 1.67. The van der Waals surface area contributed by atoms with E-state index in [9.17, 15) is 0 Å². The minimum atomic E-state index is -0.0650. The van der Waals surface area contributed by atoms with Gasteiger partial charge in [-0.1, -0.05) is 11.6 Å². The Morgan fingerprint density at radius 2 is 2.33 bits per heavy atom. The number of pyridine rings is 1. The van der Waals surface area contributed by atoms with Gasteiger partial charge in [0, 0.05) is 6.61 Å². The second kappa shape index (κ2) is 7.47. The Labute approximate surface area is 125 Å². The Bertz CT molecular complexity index is 386. The number of hydrogen-bond acceptors (Lipinski definition) is 4. The van der Waals surface area contributed by atoms with E-state index >= 15 is 0 Å². The van der Waals surface area contributed by atoms with Gasteiger partial charge in [-0.25, -0.2) is 4.98 Å². The van der Waals surface area contributed by atoms with E-state index in [1.807, 2.05) is 0 Å². The molecule has 2 heterocycles. The highest BCUT2D eigenvalue weighted by atomic mass is 127. The predicted octanol–water partition coefficient (Wildman–Crippen LogP) is 3.26.